The average molecular weight is 419 g/mol. The third-order valence-electron chi connectivity index (χ3n) is 5.72. The highest BCUT2D eigenvalue weighted by molar-refractivity contribution is 5.82. The van der Waals surface area contributed by atoms with Crippen molar-refractivity contribution in [2.45, 2.75) is 46.3 Å². The number of rotatable bonds is 7. The number of guanidine groups is 1. The van der Waals surface area contributed by atoms with Crippen LogP contribution in [0.1, 0.15) is 42.2 Å². The third-order valence-corrected chi connectivity index (χ3v) is 5.72. The first-order valence-electron chi connectivity index (χ1n) is 11.0. The molecule has 162 valence electrons. The van der Waals surface area contributed by atoms with Gasteiger partial charge in [0.2, 0.25) is 5.91 Å². The normalized spacial score (nSPS) is 13.5. The van der Waals surface area contributed by atoms with E-state index in [1.54, 1.807) is 0 Å². The smallest absolute Gasteiger partial charge is 0.223 e. The van der Waals surface area contributed by atoms with Gasteiger partial charge in [0.05, 0.1) is 0 Å². The van der Waals surface area contributed by atoms with Gasteiger partial charge in [-0.3, -0.25) is 4.79 Å². The molecule has 0 radical (unpaired) electrons. The number of carbonyl (C=O) groups is 1. The number of aryl methyl sites for hydroxylation is 1. The first-order chi connectivity index (χ1) is 15.2. The lowest BCUT2D eigenvalue weighted by atomic mass is 10.1. The molecule has 0 saturated heterocycles. The van der Waals surface area contributed by atoms with Crippen molar-refractivity contribution in [1.82, 2.24) is 15.5 Å². The Hall–Kier alpha value is -3.28. The predicted octanol–water partition coefficient (Wildman–Crippen LogP) is 4.12. The Kier molecular flexibility index (Phi) is 6.55. The van der Waals surface area contributed by atoms with E-state index in [9.17, 15) is 4.79 Å². The highest BCUT2D eigenvalue weighted by Gasteiger charge is 2.22. The van der Waals surface area contributed by atoms with Crippen molar-refractivity contribution in [3.8, 4) is 0 Å². The Morgan fingerprint density at radius 2 is 1.77 bits per heavy atom. The van der Waals surface area contributed by atoms with Crippen LogP contribution in [0.4, 0.5) is 0 Å². The summed E-state index contributed by atoms with van der Waals surface area (Å²) in [5, 5.41) is 7.73. The van der Waals surface area contributed by atoms with E-state index in [4.69, 9.17) is 4.42 Å². The second-order valence-corrected chi connectivity index (χ2v) is 7.89. The molecule has 0 fully saturated rings. The minimum Gasteiger partial charge on any atom is -0.459 e. The molecular weight excluding hydrogens is 388 g/mol. The molecule has 4 rings (SSSR count). The number of aliphatic imine (C=N–C) groups is 1. The molecule has 0 saturated carbocycles. The van der Waals surface area contributed by atoms with Crippen LogP contribution < -0.4 is 10.6 Å². The summed E-state index contributed by atoms with van der Waals surface area (Å²) in [6, 6.07) is 16.3. The van der Waals surface area contributed by atoms with Crippen molar-refractivity contribution < 1.29 is 9.21 Å². The number of nitrogens with one attached hydrogen (secondary N) is 2. The molecule has 0 unspecified atom stereocenters. The monoisotopic (exact) mass is 418 g/mol. The van der Waals surface area contributed by atoms with E-state index in [1.807, 2.05) is 42.2 Å². The van der Waals surface area contributed by atoms with Gasteiger partial charge < -0.3 is 20.0 Å². The van der Waals surface area contributed by atoms with Gasteiger partial charge in [-0.15, -0.1) is 0 Å². The fourth-order valence-corrected chi connectivity index (χ4v) is 3.98. The number of amides is 1. The summed E-state index contributed by atoms with van der Waals surface area (Å²) in [6.45, 7) is 7.50. The number of nitrogens with zero attached hydrogens (tertiary/aromatic N) is 2. The number of carbonyl (C=O) groups excluding carboxylic acids is 1. The van der Waals surface area contributed by atoms with Crippen LogP contribution in [0, 0.1) is 6.92 Å². The predicted molar refractivity (Wildman–Crippen MR) is 124 cm³/mol. The quantitative estimate of drug-likeness (QED) is 0.344. The molecule has 0 spiro atoms. The number of para-hydroxylation sites is 1. The zero-order valence-corrected chi connectivity index (χ0v) is 18.3. The van der Waals surface area contributed by atoms with E-state index < -0.39 is 0 Å². The number of benzene rings is 2. The zero-order valence-electron chi connectivity index (χ0n) is 18.3. The van der Waals surface area contributed by atoms with Crippen LogP contribution in [0.15, 0.2) is 57.9 Å². The molecule has 2 N–H and O–H groups in total. The van der Waals surface area contributed by atoms with Crippen LogP contribution in [-0.4, -0.2) is 29.9 Å². The van der Waals surface area contributed by atoms with Gasteiger partial charge in [0.15, 0.2) is 5.96 Å². The van der Waals surface area contributed by atoms with Crippen LogP contribution in [-0.2, 0) is 24.4 Å². The highest BCUT2D eigenvalue weighted by atomic mass is 16.3. The van der Waals surface area contributed by atoms with Gasteiger partial charge in [-0.2, -0.15) is 0 Å². The summed E-state index contributed by atoms with van der Waals surface area (Å²) in [6.07, 6.45) is 1.29. The Balaban J connectivity index is 1.26. The second-order valence-electron chi connectivity index (χ2n) is 7.89. The summed E-state index contributed by atoms with van der Waals surface area (Å²) in [7, 11) is 0. The molecule has 6 heteroatoms. The van der Waals surface area contributed by atoms with Gasteiger partial charge in [0.1, 0.15) is 17.9 Å². The molecule has 2 aromatic carbocycles. The van der Waals surface area contributed by atoms with E-state index in [1.165, 1.54) is 11.1 Å². The number of furan rings is 1. The van der Waals surface area contributed by atoms with Crippen molar-refractivity contribution >= 4 is 22.8 Å². The molecule has 2 heterocycles. The van der Waals surface area contributed by atoms with Gasteiger partial charge in [-0.1, -0.05) is 42.5 Å². The van der Waals surface area contributed by atoms with Crippen LogP contribution in [0.3, 0.4) is 0 Å². The van der Waals surface area contributed by atoms with Crippen molar-refractivity contribution in [3.05, 3.63) is 71.0 Å². The summed E-state index contributed by atoms with van der Waals surface area (Å²) in [5.41, 5.74) is 4.55. The van der Waals surface area contributed by atoms with E-state index in [2.05, 4.69) is 40.7 Å². The molecule has 1 aromatic heterocycles. The first-order valence-corrected chi connectivity index (χ1v) is 11.0. The Morgan fingerprint density at radius 3 is 2.48 bits per heavy atom. The van der Waals surface area contributed by atoms with Crippen molar-refractivity contribution in [3.63, 3.8) is 0 Å². The molecular formula is C25H30N4O2. The maximum absolute atomic E-state index is 12.6. The van der Waals surface area contributed by atoms with Crippen LogP contribution in [0.2, 0.25) is 0 Å². The molecule has 1 amide bonds. The minimum absolute atomic E-state index is 0.206. The fraction of sp³-hybridized carbons (Fsp3) is 0.360. The van der Waals surface area contributed by atoms with Crippen LogP contribution in [0.25, 0.3) is 11.0 Å². The topological polar surface area (TPSA) is 69.9 Å². The molecule has 3 aromatic rings. The fourth-order valence-electron chi connectivity index (χ4n) is 3.98. The number of hydrogen-bond acceptors (Lipinski definition) is 3. The van der Waals surface area contributed by atoms with Gasteiger partial charge in [0.25, 0.3) is 0 Å². The van der Waals surface area contributed by atoms with Crippen molar-refractivity contribution in [2.24, 2.45) is 4.99 Å². The standard InChI is InChI=1S/C25H30N4O2/c1-3-26-25(28-15-23-18(2)21-11-6-7-12-22(21)31-23)27-14-8-13-24(30)29-16-19-9-4-5-10-20(19)17-29/h4-7,9-12H,3,8,13-17H2,1-2H3,(H2,26,27,28). The summed E-state index contributed by atoms with van der Waals surface area (Å²) in [4.78, 5) is 19.2. The molecule has 1 aliphatic heterocycles. The minimum atomic E-state index is 0.206. The molecule has 1 aliphatic rings. The number of hydrogen-bond donors (Lipinski definition) is 2. The summed E-state index contributed by atoms with van der Waals surface area (Å²) in [5.74, 6) is 1.82. The Morgan fingerprint density at radius 1 is 1.06 bits per heavy atom. The van der Waals surface area contributed by atoms with E-state index in [0.717, 1.165) is 54.3 Å². The molecule has 0 bridgehead atoms. The van der Waals surface area contributed by atoms with Crippen molar-refractivity contribution in [1.29, 1.82) is 0 Å². The Labute approximate surface area is 183 Å². The highest BCUT2D eigenvalue weighted by Crippen LogP contribution is 2.25. The molecule has 0 aliphatic carbocycles. The molecule has 6 nitrogen and oxygen atoms in total. The second kappa shape index (κ2) is 9.69. The van der Waals surface area contributed by atoms with E-state index in [0.29, 0.717) is 19.5 Å². The summed E-state index contributed by atoms with van der Waals surface area (Å²) >= 11 is 0. The Bertz CT molecular complexity index is 1060. The van der Waals surface area contributed by atoms with Crippen LogP contribution >= 0.6 is 0 Å². The number of fused-ring (bicyclic) bond motifs is 2. The van der Waals surface area contributed by atoms with Gasteiger partial charge >= 0.3 is 0 Å². The third kappa shape index (κ3) is 4.90. The zero-order chi connectivity index (χ0) is 21.6. The van der Waals surface area contributed by atoms with E-state index in [-0.39, 0.29) is 5.91 Å². The largest absolute Gasteiger partial charge is 0.459 e. The SMILES string of the molecule is CCNC(=NCc1oc2ccccc2c1C)NCCCC(=O)N1Cc2ccccc2C1. The lowest BCUT2D eigenvalue weighted by Crippen LogP contribution is -2.38. The van der Waals surface area contributed by atoms with Gasteiger partial charge in [-0.25, -0.2) is 4.99 Å². The lowest BCUT2D eigenvalue weighted by Gasteiger charge is -2.16. The summed E-state index contributed by atoms with van der Waals surface area (Å²) < 4.78 is 5.96. The van der Waals surface area contributed by atoms with Crippen LogP contribution in [0.5, 0.6) is 0 Å². The van der Waals surface area contributed by atoms with Crippen molar-refractivity contribution in [2.75, 3.05) is 13.1 Å². The molecule has 31 heavy (non-hydrogen) atoms. The average Bonchev–Trinajstić information content (AvgIpc) is 3.36. The maximum atomic E-state index is 12.6. The first kappa shape index (κ1) is 21.0. The van der Waals surface area contributed by atoms with Gasteiger partial charge in [-0.05, 0) is 37.5 Å². The van der Waals surface area contributed by atoms with Gasteiger partial charge in [0, 0.05) is 43.5 Å². The maximum Gasteiger partial charge on any atom is 0.223 e. The lowest BCUT2D eigenvalue weighted by molar-refractivity contribution is -0.131. The van der Waals surface area contributed by atoms with E-state index >= 15 is 0 Å². The molecule has 0 atom stereocenters.